The number of aliphatic carboxylic acids is 1. The number of carboxylic acid groups (broad SMARTS) is 1. The Morgan fingerprint density at radius 2 is 1.45 bits per heavy atom. The van der Waals surface area contributed by atoms with E-state index >= 15 is 0 Å². The van der Waals surface area contributed by atoms with Gasteiger partial charge in [-0.15, -0.1) is 0 Å². The Labute approximate surface area is 179 Å². The number of ether oxygens (including phenoxy) is 2. The van der Waals surface area contributed by atoms with Gasteiger partial charge in [0.15, 0.2) is 5.84 Å². The van der Waals surface area contributed by atoms with Crippen LogP contribution < -0.4 is 0 Å². The van der Waals surface area contributed by atoms with Crippen LogP contribution in [0.4, 0.5) is 9.59 Å². The van der Waals surface area contributed by atoms with Gasteiger partial charge in [-0.2, -0.15) is 10.0 Å². The van der Waals surface area contributed by atoms with Gasteiger partial charge in [0.25, 0.3) is 5.66 Å². The standard InChI is InChI=1S/C22H23N3O6/c1-3-30-20(28)24-18(17-13-9-6-10-14-17)23-22(19(26)27,25(24)21(29)31-4-2)15-16-11-7-5-8-12-16/h5-14H,3-4,15H2,1-2H3,(H,26,27). The van der Waals surface area contributed by atoms with E-state index in [2.05, 4.69) is 4.99 Å². The molecule has 0 fully saturated rings. The van der Waals surface area contributed by atoms with Crippen LogP contribution in [-0.4, -0.2) is 58.0 Å². The molecule has 1 unspecified atom stereocenters. The number of nitrogens with zero attached hydrogens (tertiary/aromatic N) is 3. The summed E-state index contributed by atoms with van der Waals surface area (Å²) in [4.78, 5) is 42.9. The number of carboxylic acids is 1. The number of amidine groups is 1. The highest BCUT2D eigenvalue weighted by atomic mass is 16.6. The van der Waals surface area contributed by atoms with Crippen molar-refractivity contribution in [3.63, 3.8) is 0 Å². The lowest BCUT2D eigenvalue weighted by molar-refractivity contribution is -0.154. The molecule has 1 N–H and O–H groups in total. The predicted octanol–water partition coefficient (Wildman–Crippen LogP) is 3.30. The van der Waals surface area contributed by atoms with Crippen molar-refractivity contribution in [2.75, 3.05) is 13.2 Å². The van der Waals surface area contributed by atoms with E-state index in [0.29, 0.717) is 11.1 Å². The number of hydrogen-bond donors (Lipinski definition) is 1. The monoisotopic (exact) mass is 425 g/mol. The Bertz CT molecular complexity index is 979. The number of amides is 2. The third-order valence-electron chi connectivity index (χ3n) is 4.59. The molecule has 9 heteroatoms. The second-order valence-corrected chi connectivity index (χ2v) is 6.61. The van der Waals surface area contributed by atoms with Crippen LogP contribution in [-0.2, 0) is 20.7 Å². The number of benzene rings is 2. The Hall–Kier alpha value is -3.88. The summed E-state index contributed by atoms with van der Waals surface area (Å²) in [6, 6.07) is 17.3. The molecular formula is C22H23N3O6. The summed E-state index contributed by atoms with van der Waals surface area (Å²) in [6.45, 7) is 3.19. The van der Waals surface area contributed by atoms with Crippen LogP contribution in [0.3, 0.4) is 0 Å². The highest BCUT2D eigenvalue weighted by Gasteiger charge is 2.58. The maximum atomic E-state index is 13.0. The van der Waals surface area contributed by atoms with Crippen molar-refractivity contribution >= 4 is 24.0 Å². The van der Waals surface area contributed by atoms with E-state index in [4.69, 9.17) is 9.47 Å². The van der Waals surface area contributed by atoms with E-state index in [-0.39, 0.29) is 25.5 Å². The molecular weight excluding hydrogens is 402 g/mol. The molecule has 0 saturated heterocycles. The Kier molecular flexibility index (Phi) is 6.54. The van der Waals surface area contributed by atoms with Gasteiger partial charge in [-0.1, -0.05) is 60.7 Å². The average molecular weight is 425 g/mol. The lowest BCUT2D eigenvalue weighted by atomic mass is 9.99. The van der Waals surface area contributed by atoms with E-state index in [1.54, 1.807) is 74.5 Å². The molecule has 0 aliphatic carbocycles. The van der Waals surface area contributed by atoms with Crippen LogP contribution in [0.25, 0.3) is 0 Å². The fourth-order valence-electron chi connectivity index (χ4n) is 3.28. The van der Waals surface area contributed by atoms with Crippen LogP contribution in [0.2, 0.25) is 0 Å². The maximum absolute atomic E-state index is 13.0. The molecule has 2 aromatic carbocycles. The van der Waals surface area contributed by atoms with Crippen molar-refractivity contribution in [3.05, 3.63) is 71.8 Å². The largest absolute Gasteiger partial charge is 0.478 e. The molecule has 31 heavy (non-hydrogen) atoms. The first kappa shape index (κ1) is 21.8. The van der Waals surface area contributed by atoms with Crippen LogP contribution in [0, 0.1) is 0 Å². The second-order valence-electron chi connectivity index (χ2n) is 6.61. The van der Waals surface area contributed by atoms with Crippen LogP contribution in [0.5, 0.6) is 0 Å². The summed E-state index contributed by atoms with van der Waals surface area (Å²) in [5.74, 6) is -1.44. The van der Waals surface area contributed by atoms with Gasteiger partial charge in [0.05, 0.1) is 13.2 Å². The summed E-state index contributed by atoms with van der Waals surface area (Å²) in [5.41, 5.74) is -1.09. The van der Waals surface area contributed by atoms with E-state index < -0.39 is 23.8 Å². The number of aliphatic imine (C=N–C) groups is 1. The van der Waals surface area contributed by atoms with E-state index in [9.17, 15) is 19.5 Å². The van der Waals surface area contributed by atoms with Gasteiger partial charge < -0.3 is 14.6 Å². The first-order valence-electron chi connectivity index (χ1n) is 9.81. The van der Waals surface area contributed by atoms with Crippen LogP contribution in [0.1, 0.15) is 25.0 Å². The molecule has 1 aliphatic rings. The second kappa shape index (κ2) is 9.29. The molecule has 2 aromatic rings. The molecule has 2 amide bonds. The van der Waals surface area contributed by atoms with Gasteiger partial charge in [0.1, 0.15) is 0 Å². The minimum absolute atomic E-state index is 0.0201. The molecule has 1 atom stereocenters. The topological polar surface area (TPSA) is 109 Å². The SMILES string of the molecule is CCOC(=O)N1C(c2ccccc2)=NC(Cc2ccccc2)(C(=O)O)N1C(=O)OCC. The Morgan fingerprint density at radius 3 is 2.00 bits per heavy atom. The number of carbonyl (C=O) groups is 3. The van der Waals surface area contributed by atoms with E-state index in [1.807, 2.05) is 0 Å². The molecule has 3 rings (SSSR count). The van der Waals surface area contributed by atoms with Crippen molar-refractivity contribution in [3.8, 4) is 0 Å². The zero-order chi connectivity index (χ0) is 22.4. The molecule has 0 aromatic heterocycles. The van der Waals surface area contributed by atoms with Crippen molar-refractivity contribution in [1.82, 2.24) is 10.0 Å². The van der Waals surface area contributed by atoms with Gasteiger partial charge in [-0.05, 0) is 19.4 Å². The minimum atomic E-state index is -2.15. The van der Waals surface area contributed by atoms with Gasteiger partial charge >= 0.3 is 18.2 Å². The number of rotatable bonds is 6. The molecule has 0 radical (unpaired) electrons. The summed E-state index contributed by atoms with van der Waals surface area (Å²) < 4.78 is 10.2. The molecule has 162 valence electrons. The lowest BCUT2D eigenvalue weighted by Crippen LogP contribution is -2.61. The van der Waals surface area contributed by atoms with Gasteiger partial charge in [-0.25, -0.2) is 19.4 Å². The van der Waals surface area contributed by atoms with Crippen molar-refractivity contribution in [2.24, 2.45) is 4.99 Å². The number of carbonyl (C=O) groups excluding carboxylic acids is 2. The van der Waals surface area contributed by atoms with Crippen molar-refractivity contribution in [2.45, 2.75) is 25.9 Å². The first-order chi connectivity index (χ1) is 14.9. The Balaban J connectivity index is 2.23. The summed E-state index contributed by atoms with van der Waals surface area (Å²) in [5, 5.41) is 11.8. The zero-order valence-corrected chi connectivity index (χ0v) is 17.2. The fraction of sp³-hybridized carbons (Fsp3) is 0.273. The molecule has 9 nitrogen and oxygen atoms in total. The van der Waals surface area contributed by atoms with Crippen LogP contribution >= 0.6 is 0 Å². The number of hydrazine groups is 1. The highest BCUT2D eigenvalue weighted by molar-refractivity contribution is 6.10. The summed E-state index contributed by atoms with van der Waals surface area (Å²) in [7, 11) is 0. The maximum Gasteiger partial charge on any atom is 0.435 e. The molecule has 0 saturated carbocycles. The molecule has 1 heterocycles. The van der Waals surface area contributed by atoms with Crippen LogP contribution in [0.15, 0.2) is 65.7 Å². The lowest BCUT2D eigenvalue weighted by Gasteiger charge is -2.35. The van der Waals surface area contributed by atoms with Crippen molar-refractivity contribution in [1.29, 1.82) is 0 Å². The van der Waals surface area contributed by atoms with Gasteiger partial charge in [0.2, 0.25) is 0 Å². The quantitative estimate of drug-likeness (QED) is 0.761. The van der Waals surface area contributed by atoms with Crippen molar-refractivity contribution < 1.29 is 29.0 Å². The highest BCUT2D eigenvalue weighted by Crippen LogP contribution is 2.35. The van der Waals surface area contributed by atoms with Gasteiger partial charge in [0, 0.05) is 12.0 Å². The Morgan fingerprint density at radius 1 is 0.903 bits per heavy atom. The minimum Gasteiger partial charge on any atom is -0.478 e. The third kappa shape index (κ3) is 4.20. The molecule has 1 aliphatic heterocycles. The smallest absolute Gasteiger partial charge is 0.435 e. The summed E-state index contributed by atoms with van der Waals surface area (Å²) >= 11 is 0. The predicted molar refractivity (Wildman–Crippen MR) is 111 cm³/mol. The zero-order valence-electron chi connectivity index (χ0n) is 17.2. The van der Waals surface area contributed by atoms with E-state index in [1.165, 1.54) is 0 Å². The number of hydrogen-bond acceptors (Lipinski definition) is 6. The third-order valence-corrected chi connectivity index (χ3v) is 4.59. The van der Waals surface area contributed by atoms with E-state index in [0.717, 1.165) is 10.0 Å². The fourth-order valence-corrected chi connectivity index (χ4v) is 3.28. The van der Waals surface area contributed by atoms with Gasteiger partial charge in [-0.3, -0.25) is 0 Å². The summed E-state index contributed by atoms with van der Waals surface area (Å²) in [6.07, 6.45) is -2.15. The first-order valence-corrected chi connectivity index (χ1v) is 9.81. The molecule has 0 spiro atoms. The normalized spacial score (nSPS) is 17.8. The molecule has 0 bridgehead atoms. The average Bonchev–Trinajstić information content (AvgIpc) is 3.12.